The number of thiophene rings is 2. The first-order valence-electron chi connectivity index (χ1n) is 5.04. The van der Waals surface area contributed by atoms with Gasteiger partial charge in [0.1, 0.15) is 0 Å². The molecule has 0 aliphatic rings. The van der Waals surface area contributed by atoms with Gasteiger partial charge in [-0.1, -0.05) is 6.92 Å². The van der Waals surface area contributed by atoms with Gasteiger partial charge >= 0.3 is 0 Å². The van der Waals surface area contributed by atoms with Gasteiger partial charge in [-0.25, -0.2) is 0 Å². The third-order valence-electron chi connectivity index (χ3n) is 2.27. The lowest BCUT2D eigenvalue weighted by atomic mass is 10.2. The number of aryl methyl sites for hydroxylation is 1. The fourth-order valence-electron chi connectivity index (χ4n) is 1.44. The van der Waals surface area contributed by atoms with Crippen LogP contribution in [0.5, 0.6) is 0 Å². The maximum Gasteiger partial charge on any atom is 0.179 e. The van der Waals surface area contributed by atoms with Crippen LogP contribution in [-0.2, 0) is 12.8 Å². The molecule has 0 saturated heterocycles. The minimum Gasteiger partial charge on any atom is -0.293 e. The molecular formula is C12H11BrOS2. The Morgan fingerprint density at radius 3 is 2.62 bits per heavy atom. The van der Waals surface area contributed by atoms with E-state index in [2.05, 4.69) is 35.0 Å². The predicted molar refractivity (Wildman–Crippen MR) is 73.8 cm³/mol. The van der Waals surface area contributed by atoms with Gasteiger partial charge in [0.05, 0.1) is 4.88 Å². The Morgan fingerprint density at radius 1 is 1.31 bits per heavy atom. The molecule has 0 aliphatic carbocycles. The summed E-state index contributed by atoms with van der Waals surface area (Å²) >= 11 is 6.62. The number of hydrogen-bond donors (Lipinski definition) is 0. The van der Waals surface area contributed by atoms with Crippen molar-refractivity contribution in [2.75, 3.05) is 0 Å². The van der Waals surface area contributed by atoms with Gasteiger partial charge in [-0.3, -0.25) is 4.79 Å². The molecule has 2 heterocycles. The molecule has 0 radical (unpaired) electrons. The van der Waals surface area contributed by atoms with Crippen molar-refractivity contribution in [2.24, 2.45) is 0 Å². The van der Waals surface area contributed by atoms with Crippen LogP contribution >= 0.6 is 38.6 Å². The number of carbonyl (C=O) groups excluding carboxylic acids is 1. The third kappa shape index (κ3) is 2.62. The summed E-state index contributed by atoms with van der Waals surface area (Å²) in [5.41, 5.74) is 0. The number of halogens is 1. The van der Waals surface area contributed by atoms with Gasteiger partial charge in [-0.15, -0.1) is 22.7 Å². The van der Waals surface area contributed by atoms with E-state index in [-0.39, 0.29) is 5.78 Å². The smallest absolute Gasteiger partial charge is 0.179 e. The Hall–Kier alpha value is -0.450. The van der Waals surface area contributed by atoms with Crippen molar-refractivity contribution in [2.45, 2.75) is 19.8 Å². The average Bonchev–Trinajstić information content (AvgIpc) is 2.86. The van der Waals surface area contributed by atoms with Crippen LogP contribution in [-0.4, -0.2) is 5.78 Å². The van der Waals surface area contributed by atoms with Crippen molar-refractivity contribution in [3.8, 4) is 0 Å². The van der Waals surface area contributed by atoms with Gasteiger partial charge in [0.25, 0.3) is 0 Å². The van der Waals surface area contributed by atoms with Crippen LogP contribution in [0.3, 0.4) is 0 Å². The van der Waals surface area contributed by atoms with E-state index in [4.69, 9.17) is 0 Å². The summed E-state index contributed by atoms with van der Waals surface area (Å²) in [7, 11) is 0. The first-order valence-corrected chi connectivity index (χ1v) is 7.53. The SMILES string of the molecule is CCc1ccc(CC(=O)c2sccc2Br)s1. The van der Waals surface area contributed by atoms with Crippen molar-refractivity contribution in [1.82, 2.24) is 0 Å². The molecular weight excluding hydrogens is 304 g/mol. The van der Waals surface area contributed by atoms with E-state index in [1.54, 1.807) is 11.3 Å². The summed E-state index contributed by atoms with van der Waals surface area (Å²) in [6, 6.07) is 6.09. The van der Waals surface area contributed by atoms with E-state index in [0.717, 1.165) is 20.6 Å². The lowest BCUT2D eigenvalue weighted by Crippen LogP contribution is -1.99. The lowest BCUT2D eigenvalue weighted by molar-refractivity contribution is 0.0997. The zero-order valence-electron chi connectivity index (χ0n) is 8.83. The number of Topliss-reactive ketones (excluding diaryl/α,β-unsaturated/α-hetero) is 1. The monoisotopic (exact) mass is 314 g/mol. The van der Waals surface area contributed by atoms with E-state index < -0.39 is 0 Å². The number of ketones is 1. The standard InChI is InChI=1S/C12H11BrOS2/c1-2-8-3-4-9(16-8)7-11(14)12-10(13)5-6-15-12/h3-6H,2,7H2,1H3. The van der Waals surface area contributed by atoms with Crippen LogP contribution in [0.15, 0.2) is 28.1 Å². The highest BCUT2D eigenvalue weighted by atomic mass is 79.9. The maximum atomic E-state index is 12.0. The molecule has 2 rings (SSSR count). The Kier molecular flexibility index (Phi) is 3.95. The minimum absolute atomic E-state index is 0.200. The third-order valence-corrected chi connectivity index (χ3v) is 5.38. The normalized spacial score (nSPS) is 10.6. The summed E-state index contributed by atoms with van der Waals surface area (Å²) in [5, 5.41) is 1.93. The molecule has 0 aromatic carbocycles. The molecule has 0 N–H and O–H groups in total. The molecule has 0 bridgehead atoms. The van der Waals surface area contributed by atoms with Crippen LogP contribution < -0.4 is 0 Å². The first-order chi connectivity index (χ1) is 7.70. The number of rotatable bonds is 4. The molecule has 0 saturated carbocycles. The second-order valence-corrected chi connectivity index (χ2v) is 6.44. The van der Waals surface area contributed by atoms with E-state index in [9.17, 15) is 4.79 Å². The molecule has 0 fully saturated rings. The van der Waals surface area contributed by atoms with Crippen molar-refractivity contribution in [3.63, 3.8) is 0 Å². The molecule has 16 heavy (non-hydrogen) atoms. The van der Waals surface area contributed by atoms with E-state index >= 15 is 0 Å². The highest BCUT2D eigenvalue weighted by Crippen LogP contribution is 2.26. The molecule has 0 spiro atoms. The zero-order valence-corrected chi connectivity index (χ0v) is 12.0. The Morgan fingerprint density at radius 2 is 2.06 bits per heavy atom. The van der Waals surface area contributed by atoms with Gasteiger partial charge in [0.15, 0.2) is 5.78 Å². The largest absolute Gasteiger partial charge is 0.293 e. The van der Waals surface area contributed by atoms with Crippen molar-refractivity contribution < 1.29 is 4.79 Å². The van der Waals surface area contributed by atoms with Gasteiger partial charge < -0.3 is 0 Å². The van der Waals surface area contributed by atoms with Crippen molar-refractivity contribution >= 4 is 44.4 Å². The van der Waals surface area contributed by atoms with E-state index in [1.165, 1.54) is 16.2 Å². The lowest BCUT2D eigenvalue weighted by Gasteiger charge is -1.96. The molecule has 0 aliphatic heterocycles. The highest BCUT2D eigenvalue weighted by molar-refractivity contribution is 9.10. The molecule has 0 atom stereocenters. The molecule has 0 amide bonds. The summed E-state index contributed by atoms with van der Waals surface area (Å²) in [5.74, 6) is 0.200. The van der Waals surface area contributed by atoms with Gasteiger partial charge in [0.2, 0.25) is 0 Å². The van der Waals surface area contributed by atoms with E-state index in [0.29, 0.717) is 6.42 Å². The number of carbonyl (C=O) groups is 1. The summed E-state index contributed by atoms with van der Waals surface area (Å²) in [6.07, 6.45) is 1.56. The minimum atomic E-state index is 0.200. The molecule has 4 heteroatoms. The Bertz CT molecular complexity index is 499. The summed E-state index contributed by atoms with van der Waals surface area (Å²) in [4.78, 5) is 15.3. The van der Waals surface area contributed by atoms with Gasteiger partial charge in [0, 0.05) is 20.6 Å². The van der Waals surface area contributed by atoms with Crippen LogP contribution in [0.1, 0.15) is 26.3 Å². The van der Waals surface area contributed by atoms with E-state index in [1.807, 2.05) is 11.4 Å². The molecule has 0 unspecified atom stereocenters. The Labute approximate surface area is 111 Å². The summed E-state index contributed by atoms with van der Waals surface area (Å²) in [6.45, 7) is 2.13. The second kappa shape index (κ2) is 5.25. The quantitative estimate of drug-likeness (QED) is 0.756. The fraction of sp³-hybridized carbons (Fsp3) is 0.250. The zero-order chi connectivity index (χ0) is 11.5. The first kappa shape index (κ1) is 12.0. The second-order valence-electron chi connectivity index (χ2n) is 3.42. The average molecular weight is 315 g/mol. The van der Waals surface area contributed by atoms with Gasteiger partial charge in [-0.2, -0.15) is 0 Å². The van der Waals surface area contributed by atoms with Crippen molar-refractivity contribution in [1.29, 1.82) is 0 Å². The fourth-order valence-corrected chi connectivity index (χ4v) is 3.93. The molecule has 2 aromatic heterocycles. The maximum absolute atomic E-state index is 12.0. The number of hydrogen-bond acceptors (Lipinski definition) is 3. The molecule has 84 valence electrons. The van der Waals surface area contributed by atoms with Crippen LogP contribution in [0.2, 0.25) is 0 Å². The summed E-state index contributed by atoms with van der Waals surface area (Å²) < 4.78 is 0.912. The van der Waals surface area contributed by atoms with Gasteiger partial charge in [-0.05, 0) is 45.9 Å². The van der Waals surface area contributed by atoms with Crippen LogP contribution in [0, 0.1) is 0 Å². The highest BCUT2D eigenvalue weighted by Gasteiger charge is 2.13. The van der Waals surface area contributed by atoms with Crippen LogP contribution in [0.4, 0.5) is 0 Å². The van der Waals surface area contributed by atoms with Crippen molar-refractivity contribution in [3.05, 3.63) is 42.7 Å². The Balaban J connectivity index is 2.11. The molecule has 2 aromatic rings. The topological polar surface area (TPSA) is 17.1 Å². The molecule has 1 nitrogen and oxygen atoms in total. The van der Waals surface area contributed by atoms with Crippen LogP contribution in [0.25, 0.3) is 0 Å². The predicted octanol–water partition coefficient (Wildman–Crippen LogP) is 4.56.